The molecular weight excluding hydrogens is 466 g/mol. The van der Waals surface area contributed by atoms with Gasteiger partial charge in [0.1, 0.15) is 5.75 Å². The Bertz CT molecular complexity index is 1080. The molecule has 2 aromatic rings. The number of aliphatic hydroxyl groups is 1. The molecule has 2 N–H and O–H groups in total. The summed E-state index contributed by atoms with van der Waals surface area (Å²) in [6.07, 6.45) is 6.55. The van der Waals surface area contributed by atoms with Gasteiger partial charge in [-0.3, -0.25) is 14.6 Å². The first-order valence-corrected chi connectivity index (χ1v) is 13.4. The number of aromatic nitrogens is 1. The minimum absolute atomic E-state index is 0.00104. The summed E-state index contributed by atoms with van der Waals surface area (Å²) in [5.74, 6) is 0.358. The van der Waals surface area contributed by atoms with E-state index < -0.39 is 6.10 Å². The molecule has 7 heteroatoms. The monoisotopic (exact) mass is 507 g/mol. The Morgan fingerprint density at radius 3 is 2.57 bits per heavy atom. The maximum absolute atomic E-state index is 13.4. The fourth-order valence-corrected chi connectivity index (χ4v) is 6.87. The van der Waals surface area contributed by atoms with Crippen LogP contribution in [-0.2, 0) is 11.3 Å². The summed E-state index contributed by atoms with van der Waals surface area (Å²) in [6.45, 7) is 6.87. The summed E-state index contributed by atoms with van der Waals surface area (Å²) in [7, 11) is 3.42. The SMILES string of the molecule is COc1ccc(C(=O)N[C@H]2CC[C@]3(C)CC[C@@H]([C@H](C)C(=O)N(C)Cc4cccnc4)[C@H](O)[C@H]3[C@@H]2C)cc1. The second-order valence-electron chi connectivity index (χ2n) is 11.4. The lowest BCUT2D eigenvalue weighted by atomic mass is 9.51. The number of amides is 2. The van der Waals surface area contributed by atoms with Crippen LogP contribution in [-0.4, -0.2) is 53.1 Å². The molecule has 7 nitrogen and oxygen atoms in total. The maximum Gasteiger partial charge on any atom is 0.251 e. The van der Waals surface area contributed by atoms with Gasteiger partial charge in [0.15, 0.2) is 0 Å². The van der Waals surface area contributed by atoms with E-state index in [-0.39, 0.29) is 46.9 Å². The summed E-state index contributed by atoms with van der Waals surface area (Å²) in [5.41, 5.74) is 1.58. The van der Waals surface area contributed by atoms with Gasteiger partial charge in [0.05, 0.1) is 13.2 Å². The molecule has 2 aliphatic rings. The average molecular weight is 508 g/mol. The summed E-state index contributed by atoms with van der Waals surface area (Å²) in [4.78, 5) is 32.2. The molecule has 4 rings (SSSR count). The summed E-state index contributed by atoms with van der Waals surface area (Å²) < 4.78 is 5.20. The van der Waals surface area contributed by atoms with E-state index in [1.165, 1.54) is 0 Å². The largest absolute Gasteiger partial charge is 0.497 e. The quantitative estimate of drug-likeness (QED) is 0.583. The zero-order valence-corrected chi connectivity index (χ0v) is 22.7. The standard InChI is InChI=1S/C30H41N3O4/c1-19(29(36)33(4)18-21-7-6-16-31-17-21)24-12-14-30(3)15-13-25(20(2)26(30)27(24)34)32-28(35)22-8-10-23(37-5)11-9-22/h6-11,16-17,19-20,24-27,34H,12-15,18H2,1-5H3,(H,32,35)/t19-,20+,24-,25-,26+,27-,30-/m0/s1. The fraction of sp³-hybridized carbons (Fsp3) is 0.567. The van der Waals surface area contributed by atoms with Crippen molar-refractivity contribution in [2.75, 3.05) is 14.2 Å². The fourth-order valence-electron chi connectivity index (χ4n) is 6.87. The second-order valence-corrected chi connectivity index (χ2v) is 11.4. The molecule has 0 bridgehead atoms. The molecule has 200 valence electrons. The average Bonchev–Trinajstić information content (AvgIpc) is 2.90. The number of rotatable bonds is 7. The Morgan fingerprint density at radius 2 is 1.92 bits per heavy atom. The molecule has 1 aromatic carbocycles. The third-order valence-corrected chi connectivity index (χ3v) is 9.11. The summed E-state index contributed by atoms with van der Waals surface area (Å²) >= 11 is 0. The molecule has 0 saturated heterocycles. The zero-order valence-electron chi connectivity index (χ0n) is 22.7. The van der Waals surface area contributed by atoms with Crippen molar-refractivity contribution >= 4 is 11.8 Å². The van der Waals surface area contributed by atoms with Crippen molar-refractivity contribution in [3.05, 3.63) is 59.9 Å². The summed E-state index contributed by atoms with van der Waals surface area (Å²) in [5, 5.41) is 14.9. The minimum atomic E-state index is -0.597. The number of ether oxygens (including phenoxy) is 1. The van der Waals surface area contributed by atoms with Crippen LogP contribution < -0.4 is 10.1 Å². The van der Waals surface area contributed by atoms with Crippen LogP contribution in [0.1, 0.15) is 62.4 Å². The van der Waals surface area contributed by atoms with Crippen LogP contribution in [0.15, 0.2) is 48.8 Å². The highest BCUT2D eigenvalue weighted by atomic mass is 16.5. The van der Waals surface area contributed by atoms with Crippen LogP contribution in [0.5, 0.6) is 5.75 Å². The number of hydrogen-bond acceptors (Lipinski definition) is 5. The number of carbonyl (C=O) groups is 2. The van der Waals surface area contributed by atoms with Gasteiger partial charge in [-0.15, -0.1) is 0 Å². The number of methoxy groups -OCH3 is 1. The van der Waals surface area contributed by atoms with Crippen molar-refractivity contribution in [1.82, 2.24) is 15.2 Å². The summed E-state index contributed by atoms with van der Waals surface area (Å²) in [6, 6.07) is 10.9. The normalized spacial score (nSPS) is 30.1. The molecule has 0 unspecified atom stereocenters. The van der Waals surface area contributed by atoms with Crippen molar-refractivity contribution in [1.29, 1.82) is 0 Å². The molecule has 1 aromatic heterocycles. The predicted octanol–water partition coefficient (Wildman–Crippen LogP) is 4.31. The number of aliphatic hydroxyl groups excluding tert-OH is 1. The molecule has 7 atom stereocenters. The lowest BCUT2D eigenvalue weighted by molar-refractivity contribution is -0.149. The van der Waals surface area contributed by atoms with Gasteiger partial charge in [0, 0.05) is 43.5 Å². The van der Waals surface area contributed by atoms with Crippen molar-refractivity contribution in [3.8, 4) is 5.75 Å². The van der Waals surface area contributed by atoms with Crippen molar-refractivity contribution in [3.63, 3.8) is 0 Å². The minimum Gasteiger partial charge on any atom is -0.497 e. The number of benzene rings is 1. The van der Waals surface area contributed by atoms with Gasteiger partial charge in [-0.05, 0) is 84.7 Å². The number of pyridine rings is 1. The van der Waals surface area contributed by atoms with Crippen molar-refractivity contribution in [2.24, 2.45) is 29.1 Å². The van der Waals surface area contributed by atoms with E-state index in [0.29, 0.717) is 17.9 Å². The number of nitrogens with one attached hydrogen (secondary N) is 1. The highest BCUT2D eigenvalue weighted by Crippen LogP contribution is 2.55. The van der Waals surface area contributed by atoms with E-state index >= 15 is 0 Å². The van der Waals surface area contributed by atoms with Gasteiger partial charge >= 0.3 is 0 Å². The van der Waals surface area contributed by atoms with Crippen molar-refractivity contribution in [2.45, 2.75) is 65.1 Å². The van der Waals surface area contributed by atoms with E-state index in [1.807, 2.05) is 26.1 Å². The van der Waals surface area contributed by atoms with Crippen LogP contribution in [0.3, 0.4) is 0 Å². The molecule has 2 saturated carbocycles. The van der Waals surface area contributed by atoms with Crippen LogP contribution in [0.2, 0.25) is 0 Å². The molecule has 2 amide bonds. The first-order valence-electron chi connectivity index (χ1n) is 13.4. The molecule has 0 aliphatic heterocycles. The molecule has 2 aliphatic carbocycles. The van der Waals surface area contributed by atoms with E-state index in [9.17, 15) is 14.7 Å². The second kappa shape index (κ2) is 11.2. The molecule has 1 heterocycles. The van der Waals surface area contributed by atoms with Gasteiger partial charge < -0.3 is 20.1 Å². The molecule has 2 fully saturated rings. The predicted molar refractivity (Wildman–Crippen MR) is 143 cm³/mol. The van der Waals surface area contributed by atoms with Crippen LogP contribution in [0.4, 0.5) is 0 Å². The highest BCUT2D eigenvalue weighted by molar-refractivity contribution is 5.94. The Kier molecular flexibility index (Phi) is 8.22. The third-order valence-electron chi connectivity index (χ3n) is 9.11. The third kappa shape index (κ3) is 5.66. The van der Waals surface area contributed by atoms with E-state index in [2.05, 4.69) is 24.1 Å². The Morgan fingerprint density at radius 1 is 1.22 bits per heavy atom. The highest BCUT2D eigenvalue weighted by Gasteiger charge is 2.54. The molecule has 37 heavy (non-hydrogen) atoms. The van der Waals surface area contributed by atoms with Gasteiger partial charge in [-0.25, -0.2) is 0 Å². The van der Waals surface area contributed by atoms with E-state index in [0.717, 1.165) is 31.2 Å². The van der Waals surface area contributed by atoms with E-state index in [1.54, 1.807) is 48.7 Å². The first kappa shape index (κ1) is 27.1. The van der Waals surface area contributed by atoms with E-state index in [4.69, 9.17) is 4.74 Å². The number of carbonyl (C=O) groups excluding carboxylic acids is 2. The molecule has 0 radical (unpaired) electrons. The Balaban J connectivity index is 1.44. The number of nitrogens with zero attached hydrogens (tertiary/aromatic N) is 2. The van der Waals surface area contributed by atoms with Gasteiger partial charge in [-0.1, -0.05) is 26.8 Å². The zero-order chi connectivity index (χ0) is 26.7. The molecule has 0 spiro atoms. The first-order chi connectivity index (χ1) is 17.6. The van der Waals surface area contributed by atoms with Crippen molar-refractivity contribution < 1.29 is 19.4 Å². The molecular formula is C30H41N3O4. The van der Waals surface area contributed by atoms with Gasteiger partial charge in [0.2, 0.25) is 5.91 Å². The smallest absolute Gasteiger partial charge is 0.251 e. The number of hydrogen-bond donors (Lipinski definition) is 2. The van der Waals surface area contributed by atoms with Crippen LogP contribution in [0, 0.1) is 29.1 Å². The van der Waals surface area contributed by atoms with Crippen LogP contribution in [0.25, 0.3) is 0 Å². The van der Waals surface area contributed by atoms with Crippen LogP contribution >= 0.6 is 0 Å². The lowest BCUT2D eigenvalue weighted by Gasteiger charge is -2.56. The van der Waals surface area contributed by atoms with Gasteiger partial charge in [0.25, 0.3) is 5.91 Å². The topological polar surface area (TPSA) is 91.8 Å². The lowest BCUT2D eigenvalue weighted by Crippen LogP contribution is -2.58. The maximum atomic E-state index is 13.4. The van der Waals surface area contributed by atoms with Gasteiger partial charge in [-0.2, -0.15) is 0 Å². The Hall–Kier alpha value is -2.93. The Labute approximate surface area is 220 Å². The number of fused-ring (bicyclic) bond motifs is 1.